The first-order valence-electron chi connectivity index (χ1n) is 8.95. The number of amidine groups is 1. The summed E-state index contributed by atoms with van der Waals surface area (Å²) in [7, 11) is 0. The van der Waals surface area contributed by atoms with Crippen LogP contribution < -0.4 is 24.7 Å². The average Bonchev–Trinajstić information content (AvgIpc) is 2.53. The summed E-state index contributed by atoms with van der Waals surface area (Å²) < 4.78 is 8.30. The quantitative estimate of drug-likeness (QED) is 0.712. The van der Waals surface area contributed by atoms with Gasteiger partial charge in [0.1, 0.15) is 0 Å². The van der Waals surface area contributed by atoms with Crippen molar-refractivity contribution >= 4 is 37.5 Å². The molecule has 25 heavy (non-hydrogen) atoms. The minimum atomic E-state index is -0.260. The van der Waals surface area contributed by atoms with Crippen LogP contribution in [-0.4, -0.2) is 53.2 Å². The van der Waals surface area contributed by atoms with E-state index < -0.39 is 0 Å². The summed E-state index contributed by atoms with van der Waals surface area (Å²) in [6.45, 7) is 9.13. The third-order valence-corrected chi connectivity index (χ3v) is 8.25. The number of nitrogens with zero attached hydrogens (tertiary/aromatic N) is 2. The molecule has 3 heterocycles. The number of nitrogens with one attached hydrogen (secondary N) is 2. The van der Waals surface area contributed by atoms with Crippen LogP contribution in [0, 0.1) is 5.92 Å². The summed E-state index contributed by atoms with van der Waals surface area (Å²) in [5.74, 6) is 2.22. The maximum absolute atomic E-state index is 12.1. The standard InChI is InChI=1S/C18H25AsN4O2/c1-10(2)4-12-5-16-15(6-14(12)19-13-7-20-8-13)23-11(3)18(24)22-21-17(23)9-25-16/h5-6,10-11,13,19-20H,4,7-9H2,1-3H3,(H,22,24). The molecule has 1 amide bonds. The van der Waals surface area contributed by atoms with Gasteiger partial charge in [0.2, 0.25) is 0 Å². The van der Waals surface area contributed by atoms with Gasteiger partial charge in [-0.25, -0.2) is 0 Å². The van der Waals surface area contributed by atoms with Crippen molar-refractivity contribution in [2.24, 2.45) is 11.0 Å². The van der Waals surface area contributed by atoms with E-state index in [1.807, 2.05) is 11.8 Å². The van der Waals surface area contributed by atoms with E-state index in [9.17, 15) is 4.79 Å². The van der Waals surface area contributed by atoms with E-state index in [1.54, 1.807) is 0 Å². The van der Waals surface area contributed by atoms with Gasteiger partial charge in [-0.1, -0.05) is 0 Å². The number of ether oxygens (including phenoxy) is 1. The Hall–Kier alpha value is -1.52. The van der Waals surface area contributed by atoms with Crippen molar-refractivity contribution < 1.29 is 9.53 Å². The zero-order chi connectivity index (χ0) is 17.6. The van der Waals surface area contributed by atoms with Crippen LogP contribution in [0.15, 0.2) is 17.2 Å². The summed E-state index contributed by atoms with van der Waals surface area (Å²) in [6.07, 6.45) is 1.08. The molecule has 0 aliphatic carbocycles. The predicted octanol–water partition coefficient (Wildman–Crippen LogP) is 0.369. The van der Waals surface area contributed by atoms with Gasteiger partial charge in [0, 0.05) is 0 Å². The number of rotatable bonds is 4. The van der Waals surface area contributed by atoms with Crippen LogP contribution in [-0.2, 0) is 11.2 Å². The number of hydrogen-bond acceptors (Lipinski definition) is 5. The summed E-state index contributed by atoms with van der Waals surface area (Å²) in [4.78, 5) is 14.1. The van der Waals surface area contributed by atoms with Gasteiger partial charge in [0.15, 0.2) is 0 Å². The molecule has 4 rings (SSSR count). The van der Waals surface area contributed by atoms with E-state index in [2.05, 4.69) is 41.8 Å². The van der Waals surface area contributed by atoms with Gasteiger partial charge in [0.25, 0.3) is 0 Å². The first kappa shape index (κ1) is 16.9. The van der Waals surface area contributed by atoms with Crippen LogP contribution in [0.5, 0.6) is 5.75 Å². The fourth-order valence-corrected chi connectivity index (χ4v) is 6.64. The number of carbonyl (C=O) groups excluding carboxylic acids is 1. The predicted molar refractivity (Wildman–Crippen MR) is 101 cm³/mol. The summed E-state index contributed by atoms with van der Waals surface area (Å²) >= 11 is -0.210. The number of anilines is 1. The monoisotopic (exact) mass is 404 g/mol. The normalized spacial score (nSPS) is 23.0. The zero-order valence-electron chi connectivity index (χ0n) is 14.9. The SMILES string of the molecule is CC(C)Cc1cc2c(cc1[AsH]C1CNC1)N1C(=NNC(=O)C1C)CO2. The molecule has 0 bridgehead atoms. The number of carbonyl (C=O) groups is 1. The first-order valence-corrected chi connectivity index (χ1v) is 11.2. The van der Waals surface area contributed by atoms with E-state index >= 15 is 0 Å². The molecular weight excluding hydrogens is 379 g/mol. The van der Waals surface area contributed by atoms with E-state index in [0.29, 0.717) is 12.5 Å². The molecular formula is C18H25AsN4O2. The molecule has 0 spiro atoms. The second-order valence-corrected chi connectivity index (χ2v) is 10.9. The fraction of sp³-hybridized carbons (Fsp3) is 0.556. The van der Waals surface area contributed by atoms with Crippen molar-refractivity contribution in [1.29, 1.82) is 0 Å². The Morgan fingerprint density at radius 2 is 2.20 bits per heavy atom. The fourth-order valence-electron chi connectivity index (χ4n) is 3.47. The Morgan fingerprint density at radius 1 is 1.40 bits per heavy atom. The molecule has 2 unspecified atom stereocenters. The first-order chi connectivity index (χ1) is 12.0. The number of fused-ring (bicyclic) bond motifs is 3. The maximum atomic E-state index is 12.1. The third kappa shape index (κ3) is 3.18. The van der Waals surface area contributed by atoms with E-state index in [4.69, 9.17) is 4.74 Å². The van der Waals surface area contributed by atoms with Crippen LogP contribution in [0.2, 0.25) is 4.71 Å². The van der Waals surface area contributed by atoms with E-state index in [-0.39, 0.29) is 27.7 Å². The number of benzene rings is 1. The average molecular weight is 404 g/mol. The van der Waals surface area contributed by atoms with E-state index in [1.165, 1.54) is 9.91 Å². The third-order valence-electron chi connectivity index (χ3n) is 4.91. The summed E-state index contributed by atoms with van der Waals surface area (Å²) in [5, 5.41) is 7.58. The Bertz CT molecular complexity index is 730. The number of hydrazone groups is 1. The zero-order valence-corrected chi connectivity index (χ0v) is 17.0. The molecule has 2 N–H and O–H groups in total. The molecule has 1 fully saturated rings. The van der Waals surface area contributed by atoms with Crippen molar-refractivity contribution in [3.05, 3.63) is 17.7 Å². The van der Waals surface area contributed by atoms with Gasteiger partial charge in [-0.3, -0.25) is 0 Å². The Labute approximate surface area is 155 Å². The van der Waals surface area contributed by atoms with Crippen LogP contribution >= 0.6 is 0 Å². The van der Waals surface area contributed by atoms with Gasteiger partial charge in [-0.2, -0.15) is 0 Å². The molecule has 3 aliphatic heterocycles. The molecule has 7 heteroatoms. The van der Waals surface area contributed by atoms with Crippen molar-refractivity contribution in [2.45, 2.75) is 37.9 Å². The van der Waals surface area contributed by atoms with Crippen LogP contribution in [0.25, 0.3) is 0 Å². The van der Waals surface area contributed by atoms with E-state index in [0.717, 1.165) is 41.5 Å². The van der Waals surface area contributed by atoms with Crippen LogP contribution in [0.4, 0.5) is 5.69 Å². The van der Waals surface area contributed by atoms with Crippen LogP contribution in [0.3, 0.4) is 0 Å². The van der Waals surface area contributed by atoms with Gasteiger partial charge < -0.3 is 0 Å². The van der Waals surface area contributed by atoms with Gasteiger partial charge >= 0.3 is 155 Å². The van der Waals surface area contributed by atoms with Crippen LogP contribution in [0.1, 0.15) is 26.3 Å². The molecule has 2 atom stereocenters. The molecule has 134 valence electrons. The molecule has 6 nitrogen and oxygen atoms in total. The summed E-state index contributed by atoms with van der Waals surface area (Å²) in [6, 6.07) is 4.25. The molecule has 1 saturated heterocycles. The van der Waals surface area contributed by atoms with Gasteiger partial charge in [-0.05, 0) is 0 Å². The second-order valence-electron chi connectivity index (χ2n) is 7.41. The molecule has 1 aromatic rings. The number of amides is 1. The molecule has 0 aromatic heterocycles. The van der Waals surface area contributed by atoms with Crippen molar-refractivity contribution in [1.82, 2.24) is 10.7 Å². The Balaban J connectivity index is 1.75. The van der Waals surface area contributed by atoms with Crippen molar-refractivity contribution in [3.63, 3.8) is 0 Å². The second kappa shape index (κ2) is 6.65. The Morgan fingerprint density at radius 3 is 2.88 bits per heavy atom. The molecule has 0 radical (unpaired) electrons. The molecule has 0 saturated carbocycles. The van der Waals surface area contributed by atoms with Gasteiger partial charge in [0.05, 0.1) is 0 Å². The summed E-state index contributed by atoms with van der Waals surface area (Å²) in [5.41, 5.74) is 5.02. The molecule has 3 aliphatic rings. The number of hydrogen-bond donors (Lipinski definition) is 2. The Kier molecular flexibility index (Phi) is 4.50. The van der Waals surface area contributed by atoms with Gasteiger partial charge in [-0.15, -0.1) is 0 Å². The van der Waals surface area contributed by atoms with Crippen molar-refractivity contribution in [2.75, 3.05) is 24.6 Å². The molecule has 1 aromatic carbocycles. The van der Waals surface area contributed by atoms with Crippen molar-refractivity contribution in [3.8, 4) is 5.75 Å². The minimum absolute atomic E-state index is 0.0661. The topological polar surface area (TPSA) is 66.0 Å².